The lowest BCUT2D eigenvalue weighted by atomic mass is 9.59. The predicted molar refractivity (Wildman–Crippen MR) is 176 cm³/mol. The molecule has 1 fully saturated rings. The zero-order valence-electron chi connectivity index (χ0n) is 25.1. The second kappa shape index (κ2) is 10.5. The van der Waals surface area contributed by atoms with Crippen molar-refractivity contribution in [3.8, 4) is 5.75 Å². The molecule has 4 atom stereocenters. The third kappa shape index (κ3) is 4.19. The van der Waals surface area contributed by atoms with Gasteiger partial charge in [-0.2, -0.15) is 0 Å². The highest BCUT2D eigenvalue weighted by Crippen LogP contribution is 2.56. The smallest absolute Gasteiger partial charge is 0.238 e. The molecule has 0 radical (unpaired) electrons. The summed E-state index contributed by atoms with van der Waals surface area (Å²) >= 11 is 0. The summed E-state index contributed by atoms with van der Waals surface area (Å²) in [6.07, 6.45) is 4.01. The van der Waals surface area contributed by atoms with Crippen molar-refractivity contribution in [2.75, 3.05) is 10.2 Å². The molecule has 2 amide bonds. The molecular formula is C39H30N2O5. The number of benzene rings is 4. The standard InChI is InChI=1S/C39H30N2O5/c1-21-19-33(43)36-31(37(21)44)20-30-28(34(36)27-17-18-32(42)26-10-6-5-9-25(26)27)15-16-29-35(30)39(46)41(38(29)45)24-13-11-23(12-14-24)40-22-7-3-2-4-8-22/h2-15,17-19,29-30,34-35,40,42H,16,20H2,1H3. The minimum Gasteiger partial charge on any atom is -0.507 e. The topological polar surface area (TPSA) is 104 Å². The summed E-state index contributed by atoms with van der Waals surface area (Å²) in [7, 11) is 0. The van der Waals surface area contributed by atoms with Crippen molar-refractivity contribution in [3.63, 3.8) is 0 Å². The average Bonchev–Trinajstić information content (AvgIpc) is 3.33. The quantitative estimate of drug-likeness (QED) is 0.148. The van der Waals surface area contributed by atoms with Crippen LogP contribution in [-0.4, -0.2) is 28.5 Å². The molecule has 1 heterocycles. The highest BCUT2D eigenvalue weighted by molar-refractivity contribution is 6.25. The molecule has 46 heavy (non-hydrogen) atoms. The Hall–Kier alpha value is -5.56. The van der Waals surface area contributed by atoms with E-state index in [2.05, 4.69) is 5.32 Å². The molecule has 4 unspecified atom stereocenters. The fourth-order valence-corrected chi connectivity index (χ4v) is 7.93. The minimum absolute atomic E-state index is 0.123. The molecule has 0 bridgehead atoms. The summed E-state index contributed by atoms with van der Waals surface area (Å²) in [6.45, 7) is 1.65. The Labute approximate surface area is 265 Å². The van der Waals surface area contributed by atoms with Gasteiger partial charge < -0.3 is 10.4 Å². The Kier molecular flexibility index (Phi) is 6.39. The van der Waals surface area contributed by atoms with Gasteiger partial charge in [0.1, 0.15) is 5.75 Å². The maximum Gasteiger partial charge on any atom is 0.238 e. The number of aromatic hydroxyl groups is 1. The van der Waals surface area contributed by atoms with Crippen LogP contribution in [0, 0.1) is 17.8 Å². The van der Waals surface area contributed by atoms with E-state index in [9.17, 15) is 24.3 Å². The molecule has 4 aromatic rings. The molecular weight excluding hydrogens is 576 g/mol. The molecule has 7 nitrogen and oxygen atoms in total. The lowest BCUT2D eigenvalue weighted by Gasteiger charge is -2.42. The molecule has 8 rings (SSSR count). The number of Topliss-reactive ketones (excluding diaryl/α,β-unsaturated/α-hetero) is 1. The molecule has 3 aliphatic carbocycles. The number of phenols is 1. The van der Waals surface area contributed by atoms with E-state index in [1.165, 1.54) is 11.0 Å². The van der Waals surface area contributed by atoms with Gasteiger partial charge in [-0.3, -0.25) is 24.1 Å². The van der Waals surface area contributed by atoms with Gasteiger partial charge in [-0.15, -0.1) is 0 Å². The minimum atomic E-state index is -0.663. The van der Waals surface area contributed by atoms with Gasteiger partial charge in [-0.1, -0.05) is 60.2 Å². The van der Waals surface area contributed by atoms with Gasteiger partial charge in [0.25, 0.3) is 0 Å². The van der Waals surface area contributed by atoms with Crippen molar-refractivity contribution in [1.29, 1.82) is 0 Å². The summed E-state index contributed by atoms with van der Waals surface area (Å²) in [5, 5.41) is 15.4. The van der Waals surface area contributed by atoms with E-state index in [4.69, 9.17) is 0 Å². The summed E-state index contributed by atoms with van der Waals surface area (Å²) in [4.78, 5) is 56.8. The van der Waals surface area contributed by atoms with E-state index < -0.39 is 23.7 Å². The number of hydrogen-bond donors (Lipinski definition) is 2. The third-order valence-electron chi connectivity index (χ3n) is 10.00. The molecule has 0 saturated carbocycles. The maximum absolute atomic E-state index is 14.3. The van der Waals surface area contributed by atoms with Crippen LogP contribution in [0.1, 0.15) is 31.2 Å². The Balaban J connectivity index is 1.20. The van der Waals surface area contributed by atoms with Crippen LogP contribution >= 0.6 is 0 Å². The van der Waals surface area contributed by atoms with Gasteiger partial charge in [-0.05, 0) is 85.2 Å². The number of fused-ring (bicyclic) bond motifs is 4. The number of para-hydroxylation sites is 1. The van der Waals surface area contributed by atoms with Crippen molar-refractivity contribution in [1.82, 2.24) is 0 Å². The van der Waals surface area contributed by atoms with Crippen molar-refractivity contribution in [2.45, 2.75) is 25.7 Å². The van der Waals surface area contributed by atoms with Crippen molar-refractivity contribution >= 4 is 51.2 Å². The van der Waals surface area contributed by atoms with Gasteiger partial charge in [0.15, 0.2) is 11.6 Å². The van der Waals surface area contributed by atoms with Crippen molar-refractivity contribution < 1.29 is 24.3 Å². The molecule has 0 spiro atoms. The molecule has 226 valence electrons. The first-order valence-corrected chi connectivity index (χ1v) is 15.5. The number of phenolic OH excluding ortho intramolecular Hbond substituents is 1. The van der Waals surface area contributed by atoms with Crippen molar-refractivity contribution in [2.24, 2.45) is 17.8 Å². The Morgan fingerprint density at radius 2 is 1.46 bits per heavy atom. The van der Waals surface area contributed by atoms with E-state index in [0.29, 0.717) is 34.2 Å². The maximum atomic E-state index is 14.3. The number of allylic oxidation sites excluding steroid dienone is 6. The molecule has 4 aliphatic rings. The number of nitrogens with zero attached hydrogens (tertiary/aromatic N) is 1. The van der Waals surface area contributed by atoms with Crippen molar-refractivity contribution in [3.05, 3.63) is 131 Å². The molecule has 4 aromatic carbocycles. The fourth-order valence-electron chi connectivity index (χ4n) is 7.93. The van der Waals surface area contributed by atoms with E-state index in [0.717, 1.165) is 27.9 Å². The Bertz CT molecular complexity index is 2090. The Morgan fingerprint density at radius 1 is 0.761 bits per heavy atom. The first-order chi connectivity index (χ1) is 22.3. The highest BCUT2D eigenvalue weighted by atomic mass is 16.3. The van der Waals surface area contributed by atoms with Gasteiger partial charge in [0.2, 0.25) is 11.8 Å². The number of imide groups is 1. The monoisotopic (exact) mass is 606 g/mol. The first-order valence-electron chi connectivity index (χ1n) is 15.5. The Morgan fingerprint density at radius 3 is 2.22 bits per heavy atom. The summed E-state index contributed by atoms with van der Waals surface area (Å²) in [5.41, 5.74) is 5.16. The van der Waals surface area contributed by atoms with Crippen LogP contribution in [0.2, 0.25) is 0 Å². The fraction of sp³-hybridized carbons (Fsp3) is 0.179. The second-order valence-electron chi connectivity index (χ2n) is 12.5. The van der Waals surface area contributed by atoms with Gasteiger partial charge >= 0.3 is 0 Å². The molecule has 1 saturated heterocycles. The number of nitrogens with one attached hydrogen (secondary N) is 1. The number of anilines is 3. The zero-order valence-corrected chi connectivity index (χ0v) is 25.1. The lowest BCUT2D eigenvalue weighted by Crippen LogP contribution is -2.39. The van der Waals surface area contributed by atoms with Crippen LogP contribution in [0.25, 0.3) is 10.8 Å². The van der Waals surface area contributed by atoms with Gasteiger partial charge in [-0.25, -0.2) is 0 Å². The molecule has 0 aromatic heterocycles. The third-order valence-corrected chi connectivity index (χ3v) is 10.00. The van der Waals surface area contributed by atoms with E-state index in [1.54, 1.807) is 25.1 Å². The molecule has 1 aliphatic heterocycles. The van der Waals surface area contributed by atoms with Crippen LogP contribution in [0.3, 0.4) is 0 Å². The zero-order chi connectivity index (χ0) is 31.7. The van der Waals surface area contributed by atoms with Crippen LogP contribution in [0.4, 0.5) is 17.1 Å². The SMILES string of the molecule is CC1=CC(=O)C2=C(CC3C(=CCC4C(=O)N(c5ccc(Nc6ccccc6)cc5)C(=O)C43)C2c2ccc(O)c3ccccc23)C1=O. The normalized spacial score (nSPS) is 24.0. The van der Waals surface area contributed by atoms with Crippen LogP contribution in [0.5, 0.6) is 5.75 Å². The number of carbonyl (C=O) groups is 4. The number of amides is 2. The average molecular weight is 607 g/mol. The number of hydrogen-bond acceptors (Lipinski definition) is 6. The van der Waals surface area contributed by atoms with Gasteiger partial charge in [0.05, 0.1) is 17.5 Å². The van der Waals surface area contributed by atoms with Crippen LogP contribution in [-0.2, 0) is 19.2 Å². The van der Waals surface area contributed by atoms with Crippen LogP contribution in [0.15, 0.2) is 125 Å². The summed E-state index contributed by atoms with van der Waals surface area (Å²) < 4.78 is 0. The summed E-state index contributed by atoms with van der Waals surface area (Å²) in [6, 6.07) is 27.8. The van der Waals surface area contributed by atoms with E-state index in [-0.39, 0.29) is 35.6 Å². The second-order valence-corrected chi connectivity index (χ2v) is 12.5. The van der Waals surface area contributed by atoms with Gasteiger partial charge in [0, 0.05) is 39.4 Å². The lowest BCUT2D eigenvalue weighted by molar-refractivity contribution is -0.123. The molecule has 2 N–H and O–H groups in total. The molecule has 7 heteroatoms. The first kappa shape index (κ1) is 28.0. The largest absolute Gasteiger partial charge is 0.507 e. The number of rotatable bonds is 4. The highest BCUT2D eigenvalue weighted by Gasteiger charge is 2.56. The summed E-state index contributed by atoms with van der Waals surface area (Å²) in [5.74, 6) is -3.05. The predicted octanol–water partition coefficient (Wildman–Crippen LogP) is 6.92. The van der Waals surface area contributed by atoms with E-state index >= 15 is 0 Å². The number of ketones is 2. The van der Waals surface area contributed by atoms with E-state index in [1.807, 2.05) is 78.9 Å². The van der Waals surface area contributed by atoms with Crippen LogP contribution < -0.4 is 10.2 Å². The number of carbonyl (C=O) groups excluding carboxylic acids is 4.